The van der Waals surface area contributed by atoms with Gasteiger partial charge in [-0.05, 0) is 18.6 Å². The van der Waals surface area contributed by atoms with Crippen LogP contribution in [-0.2, 0) is 10.0 Å². The molecule has 86 valence electrons. The first-order valence-electron chi connectivity index (χ1n) is 4.18. The normalized spacial score (nSPS) is 12.3. The number of rotatable bonds is 4. The van der Waals surface area contributed by atoms with Crippen molar-refractivity contribution in [1.82, 2.24) is 4.31 Å². The van der Waals surface area contributed by atoms with Crippen LogP contribution in [-0.4, -0.2) is 32.2 Å². The number of hydrogen-bond donors (Lipinski definition) is 0. The molecule has 0 saturated heterocycles. The second-order valence-electron chi connectivity index (χ2n) is 3.04. The average Bonchev–Trinajstić information content (AvgIpc) is 2.48. The van der Waals surface area contributed by atoms with Crippen LogP contribution in [0.3, 0.4) is 0 Å². The van der Waals surface area contributed by atoms with Gasteiger partial charge >= 0.3 is 0 Å². The first-order valence-corrected chi connectivity index (χ1v) is 7.34. The summed E-state index contributed by atoms with van der Waals surface area (Å²) in [5, 5.41) is 0. The summed E-state index contributed by atoms with van der Waals surface area (Å²) in [6.45, 7) is 2.07. The van der Waals surface area contributed by atoms with E-state index in [4.69, 9.17) is 23.2 Å². The lowest BCUT2D eigenvalue weighted by Gasteiger charge is -2.13. The highest BCUT2D eigenvalue weighted by Crippen LogP contribution is 2.31. The summed E-state index contributed by atoms with van der Waals surface area (Å²) in [6.07, 6.45) is 0. The van der Waals surface area contributed by atoms with Crippen molar-refractivity contribution < 1.29 is 8.42 Å². The van der Waals surface area contributed by atoms with Crippen LogP contribution in [0.4, 0.5) is 0 Å². The molecule has 0 saturated carbocycles. The minimum atomic E-state index is -3.42. The van der Waals surface area contributed by atoms with E-state index in [0.717, 1.165) is 16.9 Å². The van der Waals surface area contributed by atoms with Gasteiger partial charge in [-0.3, -0.25) is 0 Å². The molecule has 1 heterocycles. The highest BCUT2D eigenvalue weighted by Gasteiger charge is 2.23. The van der Waals surface area contributed by atoms with Crippen LogP contribution in [0, 0.1) is 6.92 Å². The highest BCUT2D eigenvalue weighted by atomic mass is 35.5. The molecule has 1 aromatic rings. The summed E-state index contributed by atoms with van der Waals surface area (Å²) in [5.41, 5.74) is 0.777. The third-order valence-corrected chi connectivity index (χ3v) is 5.93. The van der Waals surface area contributed by atoms with Crippen molar-refractivity contribution in [3.8, 4) is 0 Å². The summed E-state index contributed by atoms with van der Waals surface area (Å²) >= 11 is 12.4. The molecule has 1 rings (SSSR count). The summed E-state index contributed by atoms with van der Waals surface area (Å²) in [4.78, 5) is 0. The van der Waals surface area contributed by atoms with Crippen molar-refractivity contribution in [2.45, 2.75) is 11.1 Å². The predicted molar refractivity (Wildman–Crippen MR) is 64.6 cm³/mol. The number of nitrogens with zero attached hydrogens (tertiary/aromatic N) is 1. The molecule has 0 aromatic carbocycles. The highest BCUT2D eigenvalue weighted by molar-refractivity contribution is 7.91. The fourth-order valence-electron chi connectivity index (χ4n) is 0.952. The average molecular weight is 288 g/mol. The van der Waals surface area contributed by atoms with Crippen molar-refractivity contribution in [1.29, 1.82) is 0 Å². The lowest BCUT2D eigenvalue weighted by Crippen LogP contribution is -2.28. The molecule has 0 amide bonds. The summed E-state index contributed by atoms with van der Waals surface area (Å²) < 4.78 is 25.8. The number of sulfonamides is 1. The molecule has 0 fully saturated rings. The van der Waals surface area contributed by atoms with Gasteiger partial charge in [-0.15, -0.1) is 22.9 Å². The largest absolute Gasteiger partial charge is 0.252 e. The first-order chi connectivity index (χ1) is 6.89. The molecule has 0 unspecified atom stereocenters. The van der Waals surface area contributed by atoms with Gasteiger partial charge in [-0.1, -0.05) is 11.6 Å². The van der Waals surface area contributed by atoms with Crippen LogP contribution in [0.1, 0.15) is 5.56 Å². The zero-order valence-corrected chi connectivity index (χ0v) is 11.5. The van der Waals surface area contributed by atoms with E-state index in [2.05, 4.69) is 0 Å². The van der Waals surface area contributed by atoms with Crippen LogP contribution in [0.5, 0.6) is 0 Å². The van der Waals surface area contributed by atoms with Crippen LogP contribution in [0.15, 0.2) is 10.3 Å². The van der Waals surface area contributed by atoms with E-state index in [-0.39, 0.29) is 10.1 Å². The van der Waals surface area contributed by atoms with Gasteiger partial charge in [0.05, 0.1) is 4.34 Å². The number of alkyl halides is 1. The number of halogens is 2. The SMILES string of the molecule is Cc1cc(S(=O)(=O)N(C)CCCl)sc1Cl. The van der Waals surface area contributed by atoms with Crippen molar-refractivity contribution in [3.63, 3.8) is 0 Å². The van der Waals surface area contributed by atoms with Gasteiger partial charge < -0.3 is 0 Å². The Morgan fingerprint density at radius 2 is 2.13 bits per heavy atom. The van der Waals surface area contributed by atoms with Gasteiger partial charge in [0.1, 0.15) is 4.21 Å². The third-order valence-electron chi connectivity index (χ3n) is 1.90. The van der Waals surface area contributed by atoms with Crippen molar-refractivity contribution in [2.24, 2.45) is 0 Å². The zero-order valence-electron chi connectivity index (χ0n) is 8.33. The molecule has 0 bridgehead atoms. The lowest BCUT2D eigenvalue weighted by molar-refractivity contribution is 0.490. The van der Waals surface area contributed by atoms with Crippen LogP contribution in [0.2, 0.25) is 4.34 Å². The van der Waals surface area contributed by atoms with Crippen LogP contribution >= 0.6 is 34.5 Å². The monoisotopic (exact) mass is 287 g/mol. The molecule has 15 heavy (non-hydrogen) atoms. The van der Waals surface area contributed by atoms with Gasteiger partial charge in [0.25, 0.3) is 10.0 Å². The molecule has 0 atom stereocenters. The molecule has 7 heteroatoms. The zero-order chi connectivity index (χ0) is 11.6. The molecule has 3 nitrogen and oxygen atoms in total. The minimum Gasteiger partial charge on any atom is -0.206 e. The Morgan fingerprint density at radius 3 is 2.53 bits per heavy atom. The predicted octanol–water partition coefficient (Wildman–Crippen LogP) is 2.57. The van der Waals surface area contributed by atoms with Crippen LogP contribution in [0.25, 0.3) is 0 Å². The van der Waals surface area contributed by atoms with Crippen LogP contribution < -0.4 is 0 Å². The first kappa shape index (κ1) is 13.3. The Hall–Kier alpha value is 0.190. The standard InChI is InChI=1S/C8H11Cl2NO2S2/c1-6-5-7(14-8(6)10)15(12,13)11(2)4-3-9/h5H,3-4H2,1-2H3. The maximum absolute atomic E-state index is 11.9. The van der Waals surface area contributed by atoms with Gasteiger partial charge in [0.15, 0.2) is 0 Å². The van der Waals surface area contributed by atoms with E-state index in [9.17, 15) is 8.42 Å². The Kier molecular flexibility index (Phi) is 4.43. The van der Waals surface area contributed by atoms with Gasteiger partial charge in [0.2, 0.25) is 0 Å². The Balaban J connectivity index is 3.06. The van der Waals surface area contributed by atoms with Crippen molar-refractivity contribution in [3.05, 3.63) is 16.0 Å². The molecule has 0 aliphatic heterocycles. The number of thiophene rings is 1. The maximum Gasteiger partial charge on any atom is 0.252 e. The summed E-state index contributed by atoms with van der Waals surface area (Å²) in [7, 11) is -1.92. The van der Waals surface area contributed by atoms with Gasteiger partial charge in [0, 0.05) is 19.5 Å². The van der Waals surface area contributed by atoms with E-state index < -0.39 is 10.0 Å². The molecule has 0 N–H and O–H groups in total. The second kappa shape index (κ2) is 5.01. The summed E-state index contributed by atoms with van der Waals surface area (Å²) in [5.74, 6) is 0.272. The molecule has 0 aliphatic rings. The smallest absolute Gasteiger partial charge is 0.206 e. The number of hydrogen-bond acceptors (Lipinski definition) is 3. The molecule has 0 aliphatic carbocycles. The Bertz CT molecular complexity index is 422. The molecular weight excluding hydrogens is 277 g/mol. The summed E-state index contributed by atoms with van der Waals surface area (Å²) in [6, 6.07) is 1.58. The maximum atomic E-state index is 11.9. The van der Waals surface area contributed by atoms with Gasteiger partial charge in [-0.25, -0.2) is 8.42 Å². The fraction of sp³-hybridized carbons (Fsp3) is 0.500. The molecule has 0 spiro atoms. The molecule has 0 radical (unpaired) electrons. The second-order valence-corrected chi connectivity index (χ2v) is 7.34. The molecule has 1 aromatic heterocycles. The van der Waals surface area contributed by atoms with E-state index >= 15 is 0 Å². The fourth-order valence-corrected chi connectivity index (χ4v) is 4.40. The Labute approximate surface area is 104 Å². The minimum absolute atomic E-state index is 0.262. The topological polar surface area (TPSA) is 37.4 Å². The van der Waals surface area contributed by atoms with E-state index in [1.807, 2.05) is 0 Å². The number of aryl methyl sites for hydroxylation is 1. The van der Waals surface area contributed by atoms with E-state index in [1.54, 1.807) is 13.0 Å². The molecular formula is C8H11Cl2NO2S2. The van der Waals surface area contributed by atoms with Gasteiger partial charge in [-0.2, -0.15) is 4.31 Å². The van der Waals surface area contributed by atoms with E-state index in [0.29, 0.717) is 10.9 Å². The quantitative estimate of drug-likeness (QED) is 0.799. The lowest BCUT2D eigenvalue weighted by atomic mass is 10.4. The van der Waals surface area contributed by atoms with Crippen molar-refractivity contribution >= 4 is 44.6 Å². The van der Waals surface area contributed by atoms with E-state index in [1.165, 1.54) is 11.4 Å². The third kappa shape index (κ3) is 2.85. The van der Waals surface area contributed by atoms with Crippen molar-refractivity contribution in [2.75, 3.05) is 19.5 Å². The Morgan fingerprint density at radius 1 is 1.53 bits per heavy atom.